The van der Waals surface area contributed by atoms with Crippen molar-refractivity contribution in [2.24, 2.45) is 0 Å². The van der Waals surface area contributed by atoms with Crippen LogP contribution in [0.2, 0.25) is 0 Å². The van der Waals surface area contributed by atoms with E-state index in [1.807, 2.05) is 18.0 Å². The van der Waals surface area contributed by atoms with Crippen LogP contribution in [0.25, 0.3) is 0 Å². The molecule has 1 aliphatic heterocycles. The van der Waals surface area contributed by atoms with Gasteiger partial charge >= 0.3 is 5.97 Å². The van der Waals surface area contributed by atoms with Crippen molar-refractivity contribution in [2.45, 2.75) is 6.10 Å². The van der Waals surface area contributed by atoms with Gasteiger partial charge in [-0.3, -0.25) is 0 Å². The molecule has 0 radical (unpaired) electrons. The average Bonchev–Trinajstić information content (AvgIpc) is 2.97. The summed E-state index contributed by atoms with van der Waals surface area (Å²) in [5.41, 5.74) is 0.863. The van der Waals surface area contributed by atoms with Gasteiger partial charge in [-0.25, -0.2) is 4.79 Å². The van der Waals surface area contributed by atoms with E-state index in [9.17, 15) is 4.79 Å². The minimum absolute atomic E-state index is 0.118. The lowest BCUT2D eigenvalue weighted by atomic mass is 10.2. The van der Waals surface area contributed by atoms with Crippen molar-refractivity contribution in [3.8, 4) is 5.88 Å². The predicted octanol–water partition coefficient (Wildman–Crippen LogP) is 1.88. The first-order valence-corrected chi connectivity index (χ1v) is 5.52. The molecule has 0 spiro atoms. The lowest BCUT2D eigenvalue weighted by Gasteiger charge is -2.30. The van der Waals surface area contributed by atoms with Crippen molar-refractivity contribution in [3.63, 3.8) is 0 Å². The molecule has 0 amide bonds. The smallest absolute Gasteiger partial charge is 0.352 e. The summed E-state index contributed by atoms with van der Waals surface area (Å²) in [7, 11) is 1.89. The molecule has 2 aromatic heterocycles. The van der Waals surface area contributed by atoms with Gasteiger partial charge in [0.2, 0.25) is 5.88 Å². The molecule has 0 saturated heterocycles. The second-order valence-electron chi connectivity index (χ2n) is 4.20. The van der Waals surface area contributed by atoms with Crippen LogP contribution in [0, 0.1) is 0 Å². The molecule has 1 atom stereocenters. The summed E-state index contributed by atoms with van der Waals surface area (Å²) in [6.07, 6.45) is 1.35. The molecule has 2 aromatic rings. The maximum atomic E-state index is 10.9. The number of aromatic amines is 1. The standard InChI is InChI=1S/C12H12N2O4/c1-14-6-10(9-3-2-4-17-9)18-11-8(14)5-7(13-11)12(15)16/h2-5,10,13H,6H2,1H3,(H,15,16). The van der Waals surface area contributed by atoms with Crippen molar-refractivity contribution in [1.82, 2.24) is 4.98 Å². The van der Waals surface area contributed by atoms with Crippen LogP contribution in [0.1, 0.15) is 22.4 Å². The van der Waals surface area contributed by atoms with Crippen molar-refractivity contribution < 1.29 is 19.1 Å². The zero-order valence-electron chi connectivity index (χ0n) is 9.71. The number of furan rings is 1. The highest BCUT2D eigenvalue weighted by Gasteiger charge is 2.29. The Balaban J connectivity index is 1.94. The Labute approximate surface area is 103 Å². The van der Waals surface area contributed by atoms with Crippen LogP contribution in [-0.2, 0) is 0 Å². The Morgan fingerprint density at radius 2 is 2.44 bits per heavy atom. The number of hydrogen-bond donors (Lipinski definition) is 2. The molecule has 0 fully saturated rings. The fourth-order valence-corrected chi connectivity index (χ4v) is 2.06. The Kier molecular flexibility index (Phi) is 2.29. The fourth-order valence-electron chi connectivity index (χ4n) is 2.06. The molecule has 94 valence electrons. The number of rotatable bonds is 2. The number of H-pyrrole nitrogens is 1. The van der Waals surface area contributed by atoms with E-state index in [4.69, 9.17) is 14.3 Å². The lowest BCUT2D eigenvalue weighted by molar-refractivity contribution is 0.0689. The Morgan fingerprint density at radius 3 is 3.11 bits per heavy atom. The molecule has 0 saturated carbocycles. The van der Waals surface area contributed by atoms with Crippen LogP contribution in [-0.4, -0.2) is 29.7 Å². The summed E-state index contributed by atoms with van der Waals surface area (Å²) in [6, 6.07) is 5.20. The number of fused-ring (bicyclic) bond motifs is 1. The highest BCUT2D eigenvalue weighted by Crippen LogP contribution is 2.37. The van der Waals surface area contributed by atoms with Gasteiger partial charge in [0.05, 0.1) is 12.8 Å². The first kappa shape index (κ1) is 10.8. The van der Waals surface area contributed by atoms with Crippen LogP contribution in [0.4, 0.5) is 5.69 Å². The first-order valence-electron chi connectivity index (χ1n) is 5.52. The van der Waals surface area contributed by atoms with Crippen molar-refractivity contribution in [1.29, 1.82) is 0 Å². The zero-order chi connectivity index (χ0) is 12.7. The second kappa shape index (κ2) is 3.83. The highest BCUT2D eigenvalue weighted by molar-refractivity contribution is 5.88. The minimum atomic E-state index is -1.00. The number of aromatic nitrogens is 1. The number of anilines is 1. The number of aromatic carboxylic acids is 1. The number of nitrogens with one attached hydrogen (secondary N) is 1. The number of carbonyl (C=O) groups is 1. The van der Waals surface area contributed by atoms with E-state index in [0.29, 0.717) is 12.4 Å². The SMILES string of the molecule is CN1CC(c2ccco2)Oc2[nH]c(C(=O)O)cc21. The molecular formula is C12H12N2O4. The van der Waals surface area contributed by atoms with E-state index in [2.05, 4.69) is 4.98 Å². The molecule has 0 aromatic carbocycles. The van der Waals surface area contributed by atoms with Crippen LogP contribution in [0.3, 0.4) is 0 Å². The van der Waals surface area contributed by atoms with Gasteiger partial charge < -0.3 is 24.1 Å². The first-order chi connectivity index (χ1) is 8.65. The van der Waals surface area contributed by atoms with Crippen LogP contribution in [0.5, 0.6) is 5.88 Å². The van der Waals surface area contributed by atoms with Gasteiger partial charge in [0.15, 0.2) is 6.10 Å². The van der Waals surface area contributed by atoms with Gasteiger partial charge in [-0.05, 0) is 18.2 Å². The maximum absolute atomic E-state index is 10.9. The number of nitrogens with zero attached hydrogens (tertiary/aromatic N) is 1. The largest absolute Gasteiger partial charge is 0.477 e. The highest BCUT2D eigenvalue weighted by atomic mass is 16.5. The monoisotopic (exact) mass is 248 g/mol. The van der Waals surface area contributed by atoms with E-state index in [0.717, 1.165) is 11.4 Å². The van der Waals surface area contributed by atoms with E-state index in [1.54, 1.807) is 18.4 Å². The van der Waals surface area contributed by atoms with Crippen LogP contribution in [0.15, 0.2) is 28.9 Å². The third-order valence-electron chi connectivity index (χ3n) is 2.96. The number of carboxylic acid groups (broad SMARTS) is 1. The minimum Gasteiger partial charge on any atom is -0.477 e. The van der Waals surface area contributed by atoms with Gasteiger partial charge in [-0.1, -0.05) is 0 Å². The Bertz CT molecular complexity index is 573. The molecule has 3 rings (SSSR count). The quantitative estimate of drug-likeness (QED) is 0.848. The summed E-state index contributed by atoms with van der Waals surface area (Å²) < 4.78 is 11.0. The maximum Gasteiger partial charge on any atom is 0.352 e. The molecule has 1 unspecified atom stereocenters. The van der Waals surface area contributed by atoms with E-state index in [-0.39, 0.29) is 11.8 Å². The molecule has 6 nitrogen and oxygen atoms in total. The summed E-state index contributed by atoms with van der Waals surface area (Å²) >= 11 is 0. The van der Waals surface area contributed by atoms with Crippen molar-refractivity contribution in [3.05, 3.63) is 35.9 Å². The van der Waals surface area contributed by atoms with E-state index < -0.39 is 5.97 Å². The summed E-state index contributed by atoms with van der Waals surface area (Å²) in [5.74, 6) is 0.178. The lowest BCUT2D eigenvalue weighted by Crippen LogP contribution is -2.31. The number of hydrogen-bond acceptors (Lipinski definition) is 4. The predicted molar refractivity (Wildman–Crippen MR) is 63.1 cm³/mol. The molecular weight excluding hydrogens is 236 g/mol. The molecule has 6 heteroatoms. The molecule has 1 aliphatic rings. The van der Waals surface area contributed by atoms with Crippen molar-refractivity contribution >= 4 is 11.7 Å². The molecule has 0 bridgehead atoms. The van der Waals surface area contributed by atoms with Gasteiger partial charge in [-0.2, -0.15) is 0 Å². The van der Waals surface area contributed by atoms with Crippen LogP contribution < -0.4 is 9.64 Å². The van der Waals surface area contributed by atoms with Gasteiger partial charge in [0.25, 0.3) is 0 Å². The second-order valence-corrected chi connectivity index (χ2v) is 4.20. The topological polar surface area (TPSA) is 78.7 Å². The number of likely N-dealkylation sites (N-methyl/N-ethyl adjacent to an activating group) is 1. The number of carboxylic acids is 1. The van der Waals surface area contributed by atoms with Gasteiger partial charge in [0.1, 0.15) is 17.1 Å². The fraction of sp³-hybridized carbons (Fsp3) is 0.250. The summed E-state index contributed by atoms with van der Waals surface area (Å²) in [4.78, 5) is 15.6. The van der Waals surface area contributed by atoms with E-state index in [1.165, 1.54) is 0 Å². The van der Waals surface area contributed by atoms with Crippen molar-refractivity contribution in [2.75, 3.05) is 18.5 Å². The number of ether oxygens (including phenoxy) is 1. The molecule has 2 N–H and O–H groups in total. The Hall–Kier alpha value is -2.37. The third kappa shape index (κ3) is 1.62. The van der Waals surface area contributed by atoms with Crippen LogP contribution >= 0.6 is 0 Å². The summed E-state index contributed by atoms with van der Waals surface area (Å²) in [5, 5.41) is 8.95. The van der Waals surface area contributed by atoms with E-state index >= 15 is 0 Å². The molecule has 0 aliphatic carbocycles. The molecule has 3 heterocycles. The normalized spacial score (nSPS) is 18.3. The van der Waals surface area contributed by atoms with Gasteiger partial charge in [-0.15, -0.1) is 0 Å². The Morgan fingerprint density at radius 1 is 1.61 bits per heavy atom. The zero-order valence-corrected chi connectivity index (χ0v) is 9.71. The third-order valence-corrected chi connectivity index (χ3v) is 2.96. The van der Waals surface area contributed by atoms with Gasteiger partial charge in [0, 0.05) is 7.05 Å². The summed E-state index contributed by atoms with van der Waals surface area (Å²) in [6.45, 7) is 0.609. The average molecular weight is 248 g/mol. The molecule has 18 heavy (non-hydrogen) atoms.